The summed E-state index contributed by atoms with van der Waals surface area (Å²) in [7, 11) is 0. The van der Waals surface area contributed by atoms with Crippen molar-refractivity contribution >= 4 is 45.8 Å². The number of nitroso groups, excluding NO2 is 1. The first-order valence-corrected chi connectivity index (χ1v) is 16.2. The highest BCUT2D eigenvalue weighted by Crippen LogP contribution is 2.44. The molecule has 1 aromatic heterocycles. The summed E-state index contributed by atoms with van der Waals surface area (Å²) in [6.45, 7) is 4.34. The highest BCUT2D eigenvalue weighted by atomic mass is 16.5. The van der Waals surface area contributed by atoms with E-state index in [2.05, 4.69) is 52.6 Å². The molecule has 48 heavy (non-hydrogen) atoms. The van der Waals surface area contributed by atoms with Crippen LogP contribution in [0.25, 0.3) is 28.1 Å². The van der Waals surface area contributed by atoms with Crippen molar-refractivity contribution in [3.05, 3.63) is 158 Å². The van der Waals surface area contributed by atoms with E-state index < -0.39 is 0 Å². The predicted molar refractivity (Wildman–Crippen MR) is 188 cm³/mol. The minimum atomic E-state index is -0.357. The van der Waals surface area contributed by atoms with Gasteiger partial charge in [-0.05, 0) is 76.0 Å². The Balaban J connectivity index is 0.000000152. The lowest BCUT2D eigenvalue weighted by molar-refractivity contribution is -0.139. The van der Waals surface area contributed by atoms with Gasteiger partial charge in [0.15, 0.2) is 0 Å². The summed E-state index contributed by atoms with van der Waals surface area (Å²) in [5.74, 6) is -0.542. The van der Waals surface area contributed by atoms with E-state index in [1.165, 1.54) is 27.8 Å². The van der Waals surface area contributed by atoms with Crippen molar-refractivity contribution in [1.29, 1.82) is 0 Å². The van der Waals surface area contributed by atoms with Crippen LogP contribution in [-0.4, -0.2) is 30.1 Å². The van der Waals surface area contributed by atoms with E-state index in [4.69, 9.17) is 9.47 Å². The summed E-state index contributed by atoms with van der Waals surface area (Å²) in [4.78, 5) is 39.8. The Morgan fingerprint density at radius 2 is 1.21 bits per heavy atom. The standard InChI is InChI=1S/C21H18O2.C20H16N2O3/c1-2-23-21(22)19-13-16-9-5-6-10-18(16)20(19)17-11-14-7-3-4-8-15(14)12-17;1-2-25-20(23)15-11-12-7-3-4-8-13(12)17(15)19-18(22-24)14-9-5-6-10-16(14)21-19/h3-11H,2,12-13H2,1H3;3-10,21H,2,11H2,1H3. The first-order chi connectivity index (χ1) is 23.5. The van der Waals surface area contributed by atoms with Crippen LogP contribution in [0.5, 0.6) is 0 Å². The smallest absolute Gasteiger partial charge is 0.335 e. The monoisotopic (exact) mass is 634 g/mol. The molecule has 0 aliphatic heterocycles. The zero-order valence-electron chi connectivity index (χ0n) is 26.8. The molecule has 3 aliphatic rings. The number of hydrogen-bond acceptors (Lipinski definition) is 6. The maximum atomic E-state index is 12.5. The molecule has 5 aromatic rings. The molecule has 0 saturated heterocycles. The van der Waals surface area contributed by atoms with E-state index in [1.54, 1.807) is 6.92 Å². The van der Waals surface area contributed by atoms with E-state index in [-0.39, 0.29) is 11.9 Å². The van der Waals surface area contributed by atoms with Crippen LogP contribution in [0.1, 0.15) is 52.9 Å². The van der Waals surface area contributed by atoms with Crippen LogP contribution in [0, 0.1) is 4.91 Å². The predicted octanol–water partition coefficient (Wildman–Crippen LogP) is 8.69. The second-order valence-electron chi connectivity index (χ2n) is 11.8. The molecule has 3 aliphatic carbocycles. The van der Waals surface area contributed by atoms with Crippen LogP contribution >= 0.6 is 0 Å². The number of H-pyrrole nitrogens is 1. The Morgan fingerprint density at radius 1 is 0.667 bits per heavy atom. The number of allylic oxidation sites excluding steroid dienone is 2. The molecular formula is C41H34N2O5. The number of aromatic nitrogens is 1. The third kappa shape index (κ3) is 5.47. The number of carbonyl (C=O) groups excluding carboxylic acids is 2. The molecule has 7 nitrogen and oxygen atoms in total. The number of hydrogen-bond donors (Lipinski definition) is 1. The highest BCUT2D eigenvalue weighted by Gasteiger charge is 2.32. The van der Waals surface area contributed by atoms with Gasteiger partial charge in [0.1, 0.15) is 5.69 Å². The van der Waals surface area contributed by atoms with E-state index in [0.717, 1.165) is 39.6 Å². The number of fused-ring (bicyclic) bond motifs is 4. The van der Waals surface area contributed by atoms with Crippen LogP contribution in [0.2, 0.25) is 0 Å². The van der Waals surface area contributed by atoms with Crippen molar-refractivity contribution < 1.29 is 19.1 Å². The topological polar surface area (TPSA) is 97.8 Å². The van der Waals surface area contributed by atoms with Gasteiger partial charge in [-0.3, -0.25) is 0 Å². The molecule has 238 valence electrons. The molecule has 0 atom stereocenters. The van der Waals surface area contributed by atoms with Gasteiger partial charge >= 0.3 is 11.9 Å². The van der Waals surface area contributed by atoms with Gasteiger partial charge in [0, 0.05) is 34.9 Å². The van der Waals surface area contributed by atoms with Crippen molar-refractivity contribution in [2.24, 2.45) is 5.18 Å². The molecule has 0 bridgehead atoms. The largest absolute Gasteiger partial charge is 0.463 e. The zero-order valence-corrected chi connectivity index (χ0v) is 26.8. The van der Waals surface area contributed by atoms with E-state index in [0.29, 0.717) is 48.6 Å². The minimum Gasteiger partial charge on any atom is -0.463 e. The van der Waals surface area contributed by atoms with Gasteiger partial charge < -0.3 is 14.5 Å². The average Bonchev–Trinajstić information content (AvgIpc) is 3.89. The molecule has 7 heteroatoms. The Hall–Kier alpha value is -5.82. The molecule has 0 amide bonds. The summed E-state index contributed by atoms with van der Waals surface area (Å²) >= 11 is 0. The zero-order chi connectivity index (χ0) is 33.2. The second-order valence-corrected chi connectivity index (χ2v) is 11.8. The van der Waals surface area contributed by atoms with E-state index in [9.17, 15) is 14.5 Å². The van der Waals surface area contributed by atoms with Crippen molar-refractivity contribution in [2.45, 2.75) is 33.1 Å². The summed E-state index contributed by atoms with van der Waals surface area (Å²) in [6.07, 6.45) is 4.24. The summed E-state index contributed by atoms with van der Waals surface area (Å²) in [5.41, 5.74) is 13.0. The van der Waals surface area contributed by atoms with Crippen molar-refractivity contribution in [3.63, 3.8) is 0 Å². The molecule has 1 heterocycles. The Morgan fingerprint density at radius 3 is 1.83 bits per heavy atom. The van der Waals surface area contributed by atoms with Crippen LogP contribution in [0.3, 0.4) is 0 Å². The Labute approximate surface area is 278 Å². The number of aromatic amines is 1. The number of carbonyl (C=O) groups is 2. The van der Waals surface area contributed by atoms with Crippen molar-refractivity contribution in [1.82, 2.24) is 4.98 Å². The van der Waals surface area contributed by atoms with Gasteiger partial charge in [-0.1, -0.05) is 97.1 Å². The number of rotatable bonds is 7. The van der Waals surface area contributed by atoms with Gasteiger partial charge in [-0.25, -0.2) is 9.59 Å². The first-order valence-electron chi connectivity index (χ1n) is 16.2. The van der Waals surface area contributed by atoms with Crippen LogP contribution < -0.4 is 0 Å². The molecule has 0 saturated carbocycles. The number of benzene rings is 4. The Bertz CT molecular complexity index is 2200. The molecule has 0 radical (unpaired) electrons. The lowest BCUT2D eigenvalue weighted by atomic mass is 9.96. The molecule has 0 spiro atoms. The maximum Gasteiger partial charge on any atom is 0.335 e. The van der Waals surface area contributed by atoms with Gasteiger partial charge in [0.2, 0.25) is 0 Å². The molecule has 4 aromatic carbocycles. The average molecular weight is 635 g/mol. The van der Waals surface area contributed by atoms with Gasteiger partial charge in [-0.2, -0.15) is 0 Å². The molecule has 1 N–H and O–H groups in total. The molecule has 0 unspecified atom stereocenters. The van der Waals surface area contributed by atoms with Gasteiger partial charge in [0.25, 0.3) is 0 Å². The molecule has 8 rings (SSSR count). The number of para-hydroxylation sites is 1. The fourth-order valence-corrected chi connectivity index (χ4v) is 7.00. The summed E-state index contributed by atoms with van der Waals surface area (Å²) in [6, 6.07) is 32.0. The minimum absolute atomic E-state index is 0.185. The molecular weight excluding hydrogens is 600 g/mol. The lowest BCUT2D eigenvalue weighted by Crippen LogP contribution is -2.09. The number of nitrogens with zero attached hydrogens (tertiary/aromatic N) is 1. The van der Waals surface area contributed by atoms with Crippen LogP contribution in [0.15, 0.2) is 119 Å². The quantitative estimate of drug-likeness (QED) is 0.143. The fraction of sp³-hybridized carbons (Fsp3) is 0.171. The normalized spacial score (nSPS) is 14.2. The highest BCUT2D eigenvalue weighted by molar-refractivity contribution is 6.10. The van der Waals surface area contributed by atoms with Crippen molar-refractivity contribution in [3.8, 4) is 0 Å². The van der Waals surface area contributed by atoms with Gasteiger partial charge in [-0.15, -0.1) is 4.91 Å². The summed E-state index contributed by atoms with van der Waals surface area (Å²) < 4.78 is 10.5. The van der Waals surface area contributed by atoms with Crippen LogP contribution in [0.4, 0.5) is 5.69 Å². The number of ether oxygens (including phenoxy) is 2. The fourth-order valence-electron chi connectivity index (χ4n) is 7.00. The third-order valence-corrected chi connectivity index (χ3v) is 9.06. The number of nitrogens with one attached hydrogen (secondary N) is 1. The third-order valence-electron chi connectivity index (χ3n) is 9.06. The van der Waals surface area contributed by atoms with E-state index in [1.807, 2.05) is 67.6 Å². The lowest BCUT2D eigenvalue weighted by Gasteiger charge is -2.09. The molecule has 0 fully saturated rings. The SMILES string of the molecule is CCOC(=O)C1=C(C2=Cc3ccccc3C2)c2ccccc2C1.CCOC(=O)C1=C(c2[nH]c3ccccc3c2N=O)c2ccccc2C1. The van der Waals surface area contributed by atoms with Crippen LogP contribution in [-0.2, 0) is 38.3 Å². The maximum absolute atomic E-state index is 12.5. The first kappa shape index (κ1) is 30.8. The van der Waals surface area contributed by atoms with Crippen molar-refractivity contribution in [2.75, 3.05) is 13.2 Å². The van der Waals surface area contributed by atoms with Gasteiger partial charge in [0.05, 0.1) is 24.5 Å². The van der Waals surface area contributed by atoms with E-state index >= 15 is 0 Å². The number of esters is 2. The second kappa shape index (κ2) is 13.1. The summed E-state index contributed by atoms with van der Waals surface area (Å²) in [5, 5.41) is 3.99. The Kier molecular flexibility index (Phi) is 8.42.